The fraction of sp³-hybridized carbons (Fsp3) is 0.360. The molecule has 2 aromatic carbocycles. The summed E-state index contributed by atoms with van der Waals surface area (Å²) in [7, 11) is 0. The van der Waals surface area contributed by atoms with Crippen LogP contribution in [0.15, 0.2) is 54.6 Å². The highest BCUT2D eigenvalue weighted by Crippen LogP contribution is 2.39. The van der Waals surface area contributed by atoms with E-state index in [9.17, 15) is 9.90 Å². The van der Waals surface area contributed by atoms with Crippen molar-refractivity contribution in [3.63, 3.8) is 0 Å². The zero-order valence-corrected chi connectivity index (χ0v) is 16.8. The zero-order chi connectivity index (χ0) is 20.2. The molecule has 1 atom stereocenters. The van der Waals surface area contributed by atoms with Gasteiger partial charge in [-0.15, -0.1) is 0 Å². The van der Waals surface area contributed by atoms with E-state index < -0.39 is 11.9 Å². The summed E-state index contributed by atoms with van der Waals surface area (Å²) in [5, 5.41) is 10.5. The van der Waals surface area contributed by atoms with E-state index in [-0.39, 0.29) is 0 Å². The third-order valence-corrected chi connectivity index (χ3v) is 5.98. The third kappa shape index (κ3) is 4.42. The molecule has 0 amide bonds. The van der Waals surface area contributed by atoms with Crippen LogP contribution in [0.2, 0.25) is 0 Å². The Morgan fingerprint density at radius 2 is 1.90 bits per heavy atom. The molecule has 4 nitrogen and oxygen atoms in total. The van der Waals surface area contributed by atoms with Gasteiger partial charge in [0.15, 0.2) is 0 Å². The van der Waals surface area contributed by atoms with E-state index in [0.29, 0.717) is 12.5 Å². The minimum atomic E-state index is -0.798. The summed E-state index contributed by atoms with van der Waals surface area (Å²) < 4.78 is 6.21. The summed E-state index contributed by atoms with van der Waals surface area (Å²) >= 11 is 0. The van der Waals surface area contributed by atoms with Gasteiger partial charge >= 0.3 is 5.97 Å². The van der Waals surface area contributed by atoms with E-state index in [1.54, 1.807) is 6.92 Å². The summed E-state index contributed by atoms with van der Waals surface area (Å²) in [5.41, 5.74) is 3.85. The predicted octanol–water partition coefficient (Wildman–Crippen LogP) is 6.05. The Labute approximate surface area is 171 Å². The van der Waals surface area contributed by atoms with Gasteiger partial charge in [0.25, 0.3) is 0 Å². The molecule has 150 valence electrons. The standard InChI is InChI=1S/C25H27NO3/c1-17(25(27)28)20-12-14-24(22(15-20)18-7-3-2-4-8-18)29-16-21-13-11-19-9-5-6-10-23(19)26-21/h5-6,9-15,17-18H,2-4,7-8,16H2,1H3,(H,27,28). The van der Waals surface area contributed by atoms with E-state index >= 15 is 0 Å². The van der Waals surface area contributed by atoms with Crippen LogP contribution in [0.3, 0.4) is 0 Å². The lowest BCUT2D eigenvalue weighted by Crippen LogP contribution is -2.11. The lowest BCUT2D eigenvalue weighted by Gasteiger charge is -2.25. The quantitative estimate of drug-likeness (QED) is 0.557. The number of fused-ring (bicyclic) bond motifs is 1. The Bertz CT molecular complexity index is 1010. The van der Waals surface area contributed by atoms with Crippen LogP contribution in [0.1, 0.15) is 67.7 Å². The molecule has 29 heavy (non-hydrogen) atoms. The molecule has 3 aromatic rings. The maximum atomic E-state index is 11.5. The molecule has 0 saturated heterocycles. The van der Waals surface area contributed by atoms with E-state index in [2.05, 4.69) is 18.2 Å². The Morgan fingerprint density at radius 1 is 1.10 bits per heavy atom. The van der Waals surface area contributed by atoms with E-state index in [1.165, 1.54) is 19.3 Å². The molecule has 4 rings (SSSR count). The predicted molar refractivity (Wildman–Crippen MR) is 114 cm³/mol. The monoisotopic (exact) mass is 389 g/mol. The molecule has 1 N–H and O–H groups in total. The second kappa shape index (κ2) is 8.64. The molecule has 1 unspecified atom stereocenters. The maximum Gasteiger partial charge on any atom is 0.310 e. The Balaban J connectivity index is 1.59. The van der Waals surface area contributed by atoms with Gasteiger partial charge in [-0.25, -0.2) is 4.98 Å². The first-order valence-corrected chi connectivity index (χ1v) is 10.5. The van der Waals surface area contributed by atoms with Crippen molar-refractivity contribution >= 4 is 16.9 Å². The number of rotatable bonds is 6. The van der Waals surface area contributed by atoms with Crippen molar-refractivity contribution in [1.82, 2.24) is 4.98 Å². The van der Waals surface area contributed by atoms with E-state index in [0.717, 1.165) is 46.3 Å². The van der Waals surface area contributed by atoms with Crippen molar-refractivity contribution in [2.45, 2.75) is 57.5 Å². The van der Waals surface area contributed by atoms with Crippen LogP contribution in [-0.4, -0.2) is 16.1 Å². The summed E-state index contributed by atoms with van der Waals surface area (Å²) in [6, 6.07) is 18.0. The number of aliphatic carboxylic acids is 1. The number of hydrogen-bond donors (Lipinski definition) is 1. The molecule has 1 heterocycles. The molecule has 1 aromatic heterocycles. The Kier molecular flexibility index (Phi) is 5.79. The first kappa shape index (κ1) is 19.4. The molecular formula is C25H27NO3. The highest BCUT2D eigenvalue weighted by molar-refractivity contribution is 5.78. The molecule has 1 aliphatic carbocycles. The zero-order valence-electron chi connectivity index (χ0n) is 16.8. The molecule has 0 radical (unpaired) electrons. The van der Waals surface area contributed by atoms with Gasteiger partial charge in [-0.05, 0) is 55.0 Å². The molecule has 4 heteroatoms. The fourth-order valence-corrected chi connectivity index (χ4v) is 4.18. The van der Waals surface area contributed by atoms with Crippen LogP contribution < -0.4 is 4.74 Å². The molecule has 1 saturated carbocycles. The molecule has 1 aliphatic rings. The summed E-state index contributed by atoms with van der Waals surface area (Å²) in [6.07, 6.45) is 5.98. The minimum Gasteiger partial charge on any atom is -0.487 e. The minimum absolute atomic E-state index is 0.401. The van der Waals surface area contributed by atoms with Gasteiger partial charge in [-0.1, -0.05) is 55.7 Å². The summed E-state index contributed by atoms with van der Waals surface area (Å²) in [5.74, 6) is -0.0281. The second-order valence-corrected chi connectivity index (χ2v) is 7.98. The van der Waals surface area contributed by atoms with Gasteiger partial charge in [-0.2, -0.15) is 0 Å². The number of carbonyl (C=O) groups is 1. The van der Waals surface area contributed by atoms with Crippen molar-refractivity contribution in [3.05, 3.63) is 71.4 Å². The smallest absolute Gasteiger partial charge is 0.310 e. The molecule has 1 fully saturated rings. The van der Waals surface area contributed by atoms with E-state index in [1.807, 2.05) is 36.4 Å². The lowest BCUT2D eigenvalue weighted by atomic mass is 9.82. The van der Waals surface area contributed by atoms with Crippen LogP contribution in [-0.2, 0) is 11.4 Å². The largest absolute Gasteiger partial charge is 0.487 e. The number of para-hydroxylation sites is 1. The third-order valence-electron chi connectivity index (χ3n) is 5.98. The topological polar surface area (TPSA) is 59.4 Å². The molecule has 0 bridgehead atoms. The van der Waals surface area contributed by atoms with Crippen molar-refractivity contribution in [2.24, 2.45) is 0 Å². The number of pyridine rings is 1. The summed E-state index contributed by atoms with van der Waals surface area (Å²) in [4.78, 5) is 16.1. The number of carboxylic acid groups (broad SMARTS) is 1. The second-order valence-electron chi connectivity index (χ2n) is 7.98. The average Bonchev–Trinajstić information content (AvgIpc) is 2.77. The van der Waals surface area contributed by atoms with Crippen molar-refractivity contribution in [2.75, 3.05) is 0 Å². The van der Waals surface area contributed by atoms with Gasteiger partial charge in [-0.3, -0.25) is 4.79 Å². The number of carboxylic acids is 1. The van der Waals surface area contributed by atoms with Gasteiger partial charge in [0, 0.05) is 5.39 Å². The number of ether oxygens (including phenoxy) is 1. The van der Waals surface area contributed by atoms with Crippen LogP contribution in [0.4, 0.5) is 0 Å². The number of aromatic nitrogens is 1. The van der Waals surface area contributed by atoms with Crippen molar-refractivity contribution < 1.29 is 14.6 Å². The van der Waals surface area contributed by atoms with Crippen molar-refractivity contribution in [3.8, 4) is 5.75 Å². The average molecular weight is 389 g/mol. The van der Waals surface area contributed by atoms with Crippen LogP contribution in [0.5, 0.6) is 5.75 Å². The lowest BCUT2D eigenvalue weighted by molar-refractivity contribution is -0.138. The molecular weight excluding hydrogens is 362 g/mol. The van der Waals surface area contributed by atoms with Gasteiger partial charge in [0.1, 0.15) is 12.4 Å². The molecule has 0 spiro atoms. The van der Waals surface area contributed by atoms with E-state index in [4.69, 9.17) is 9.72 Å². The van der Waals surface area contributed by atoms with Crippen molar-refractivity contribution in [1.29, 1.82) is 0 Å². The first-order chi connectivity index (χ1) is 14.1. The first-order valence-electron chi connectivity index (χ1n) is 10.5. The highest BCUT2D eigenvalue weighted by Gasteiger charge is 2.22. The fourth-order valence-electron chi connectivity index (χ4n) is 4.18. The SMILES string of the molecule is CC(C(=O)O)c1ccc(OCc2ccc3ccccc3n2)c(C2CCCCC2)c1. The normalized spacial score (nSPS) is 15.9. The number of nitrogens with zero attached hydrogens (tertiary/aromatic N) is 1. The maximum absolute atomic E-state index is 11.5. The Morgan fingerprint density at radius 3 is 2.69 bits per heavy atom. The van der Waals surface area contributed by atoms with Gasteiger partial charge in [0.05, 0.1) is 17.1 Å². The van der Waals surface area contributed by atoms with Gasteiger partial charge < -0.3 is 9.84 Å². The molecule has 0 aliphatic heterocycles. The number of hydrogen-bond acceptors (Lipinski definition) is 3. The van der Waals surface area contributed by atoms with Crippen LogP contribution in [0, 0.1) is 0 Å². The van der Waals surface area contributed by atoms with Crippen LogP contribution in [0.25, 0.3) is 10.9 Å². The summed E-state index contributed by atoms with van der Waals surface area (Å²) in [6.45, 7) is 2.14. The van der Waals surface area contributed by atoms with Gasteiger partial charge in [0.2, 0.25) is 0 Å². The number of benzene rings is 2. The highest BCUT2D eigenvalue weighted by atomic mass is 16.5. The Hall–Kier alpha value is -2.88. The van der Waals surface area contributed by atoms with Crippen LogP contribution >= 0.6 is 0 Å².